The predicted molar refractivity (Wildman–Crippen MR) is 69.8 cm³/mol. The van der Waals surface area contributed by atoms with Gasteiger partial charge in [-0.15, -0.1) is 0 Å². The number of esters is 1. The highest BCUT2D eigenvalue weighted by atomic mass is 16.5. The molecular formula is C13H14N4O2. The summed E-state index contributed by atoms with van der Waals surface area (Å²) < 4.78 is 4.60. The van der Waals surface area contributed by atoms with E-state index in [1.807, 2.05) is 12.1 Å². The van der Waals surface area contributed by atoms with Gasteiger partial charge >= 0.3 is 5.97 Å². The molecular weight excluding hydrogens is 244 g/mol. The van der Waals surface area contributed by atoms with Crippen LogP contribution in [-0.2, 0) is 11.2 Å². The van der Waals surface area contributed by atoms with Crippen molar-refractivity contribution in [3.8, 4) is 0 Å². The Labute approximate surface area is 110 Å². The lowest BCUT2D eigenvalue weighted by Crippen LogP contribution is -2.11. The Morgan fingerprint density at radius 2 is 2.05 bits per heavy atom. The van der Waals surface area contributed by atoms with Gasteiger partial charge in [0.05, 0.1) is 7.11 Å². The van der Waals surface area contributed by atoms with Gasteiger partial charge in [0, 0.05) is 25.1 Å². The number of rotatable bonds is 5. The molecule has 0 spiro atoms. The molecule has 2 aromatic heterocycles. The third-order valence-corrected chi connectivity index (χ3v) is 2.50. The average Bonchev–Trinajstić information content (AvgIpc) is 2.48. The number of methoxy groups -OCH3 is 1. The summed E-state index contributed by atoms with van der Waals surface area (Å²) >= 11 is 0. The molecule has 2 heterocycles. The smallest absolute Gasteiger partial charge is 0.356 e. The van der Waals surface area contributed by atoms with Crippen LogP contribution in [0.4, 0.5) is 5.95 Å². The standard InChI is InChI=1S/C13H14N4O2/c1-19-12(18)11-5-9-16-13(17-11)15-8-4-10-2-6-14-7-3-10/h2-3,5-7,9H,4,8H2,1H3,(H,15,16,17). The first-order valence-corrected chi connectivity index (χ1v) is 5.84. The van der Waals surface area contributed by atoms with Crippen LogP contribution in [0.1, 0.15) is 16.1 Å². The molecule has 0 amide bonds. The number of anilines is 1. The molecule has 98 valence electrons. The first kappa shape index (κ1) is 12.9. The average molecular weight is 258 g/mol. The van der Waals surface area contributed by atoms with Crippen LogP contribution >= 0.6 is 0 Å². The van der Waals surface area contributed by atoms with Crippen LogP contribution in [0.3, 0.4) is 0 Å². The lowest BCUT2D eigenvalue weighted by molar-refractivity contribution is 0.0594. The van der Waals surface area contributed by atoms with Crippen LogP contribution in [0, 0.1) is 0 Å². The summed E-state index contributed by atoms with van der Waals surface area (Å²) in [5.74, 6) is -0.0588. The highest BCUT2D eigenvalue weighted by Crippen LogP contribution is 2.03. The molecule has 0 saturated carbocycles. The molecule has 0 fully saturated rings. The molecule has 6 heteroatoms. The fourth-order valence-corrected chi connectivity index (χ4v) is 1.53. The molecule has 2 rings (SSSR count). The molecule has 6 nitrogen and oxygen atoms in total. The first-order chi connectivity index (χ1) is 9.29. The van der Waals surface area contributed by atoms with E-state index in [1.165, 1.54) is 24.9 Å². The van der Waals surface area contributed by atoms with Gasteiger partial charge < -0.3 is 10.1 Å². The van der Waals surface area contributed by atoms with Crippen LogP contribution in [0.15, 0.2) is 36.8 Å². The summed E-state index contributed by atoms with van der Waals surface area (Å²) in [4.78, 5) is 23.4. The zero-order valence-electron chi connectivity index (χ0n) is 10.5. The minimum Gasteiger partial charge on any atom is -0.464 e. The molecule has 0 aromatic carbocycles. The number of nitrogens with zero attached hydrogens (tertiary/aromatic N) is 3. The van der Waals surface area contributed by atoms with E-state index in [1.54, 1.807) is 12.4 Å². The fourth-order valence-electron chi connectivity index (χ4n) is 1.53. The van der Waals surface area contributed by atoms with Crippen molar-refractivity contribution in [2.24, 2.45) is 0 Å². The summed E-state index contributed by atoms with van der Waals surface area (Å²) in [6.45, 7) is 0.675. The normalized spacial score (nSPS) is 9.95. The maximum absolute atomic E-state index is 11.3. The SMILES string of the molecule is COC(=O)c1ccnc(NCCc2ccncc2)n1. The quantitative estimate of drug-likeness (QED) is 0.815. The maximum Gasteiger partial charge on any atom is 0.356 e. The second kappa shape index (κ2) is 6.44. The molecule has 0 aliphatic carbocycles. The van der Waals surface area contributed by atoms with Crippen molar-refractivity contribution >= 4 is 11.9 Å². The Morgan fingerprint density at radius 1 is 1.26 bits per heavy atom. The van der Waals surface area contributed by atoms with Crippen LogP contribution in [0.5, 0.6) is 0 Å². The van der Waals surface area contributed by atoms with Gasteiger partial charge in [-0.25, -0.2) is 14.8 Å². The van der Waals surface area contributed by atoms with Crippen molar-refractivity contribution in [1.29, 1.82) is 0 Å². The van der Waals surface area contributed by atoms with Crippen molar-refractivity contribution in [3.05, 3.63) is 48.0 Å². The number of hydrogen-bond donors (Lipinski definition) is 1. The molecule has 0 bridgehead atoms. The summed E-state index contributed by atoms with van der Waals surface area (Å²) in [6.07, 6.45) is 5.86. The molecule has 0 aliphatic rings. The number of carbonyl (C=O) groups is 1. The van der Waals surface area contributed by atoms with Crippen molar-refractivity contribution in [3.63, 3.8) is 0 Å². The van der Waals surface area contributed by atoms with E-state index in [9.17, 15) is 4.79 Å². The minimum absolute atomic E-state index is 0.240. The van der Waals surface area contributed by atoms with E-state index < -0.39 is 5.97 Å². The topological polar surface area (TPSA) is 77.0 Å². The minimum atomic E-state index is -0.473. The summed E-state index contributed by atoms with van der Waals surface area (Å²) in [7, 11) is 1.32. The van der Waals surface area contributed by atoms with Crippen LogP contribution in [0.2, 0.25) is 0 Å². The van der Waals surface area contributed by atoms with E-state index in [2.05, 4.69) is 25.0 Å². The summed E-state index contributed by atoms with van der Waals surface area (Å²) in [6, 6.07) is 5.42. The molecule has 1 N–H and O–H groups in total. The van der Waals surface area contributed by atoms with Crippen molar-refractivity contribution < 1.29 is 9.53 Å². The number of hydrogen-bond acceptors (Lipinski definition) is 6. The largest absolute Gasteiger partial charge is 0.464 e. The number of carbonyl (C=O) groups excluding carboxylic acids is 1. The molecule has 0 aliphatic heterocycles. The van der Waals surface area contributed by atoms with Gasteiger partial charge in [0.2, 0.25) is 5.95 Å². The van der Waals surface area contributed by atoms with E-state index in [0.29, 0.717) is 12.5 Å². The van der Waals surface area contributed by atoms with Gasteiger partial charge in [-0.3, -0.25) is 4.98 Å². The summed E-state index contributed by atoms with van der Waals surface area (Å²) in [5, 5.41) is 3.06. The molecule has 2 aromatic rings. The zero-order chi connectivity index (χ0) is 13.5. The Balaban J connectivity index is 1.91. The lowest BCUT2D eigenvalue weighted by atomic mass is 10.2. The second-order valence-electron chi connectivity index (χ2n) is 3.79. The van der Waals surface area contributed by atoms with Crippen LogP contribution in [-0.4, -0.2) is 34.6 Å². The monoisotopic (exact) mass is 258 g/mol. The van der Waals surface area contributed by atoms with Gasteiger partial charge in [0.15, 0.2) is 5.69 Å². The number of pyridine rings is 1. The van der Waals surface area contributed by atoms with E-state index >= 15 is 0 Å². The number of ether oxygens (including phenoxy) is 1. The van der Waals surface area contributed by atoms with Gasteiger partial charge in [-0.1, -0.05) is 0 Å². The lowest BCUT2D eigenvalue weighted by Gasteiger charge is -2.05. The summed E-state index contributed by atoms with van der Waals surface area (Å²) in [5.41, 5.74) is 1.41. The predicted octanol–water partition coefficient (Wildman–Crippen LogP) is 1.31. The van der Waals surface area contributed by atoms with Gasteiger partial charge in [0.1, 0.15) is 0 Å². The fraction of sp³-hybridized carbons (Fsp3) is 0.231. The highest BCUT2D eigenvalue weighted by molar-refractivity contribution is 5.87. The highest BCUT2D eigenvalue weighted by Gasteiger charge is 2.07. The molecule has 0 saturated heterocycles. The molecule has 0 radical (unpaired) electrons. The van der Waals surface area contributed by atoms with Gasteiger partial charge in [0.25, 0.3) is 0 Å². The van der Waals surface area contributed by atoms with Crippen LogP contribution in [0.25, 0.3) is 0 Å². The molecule has 0 atom stereocenters. The zero-order valence-corrected chi connectivity index (χ0v) is 10.5. The molecule has 0 unspecified atom stereocenters. The number of aromatic nitrogens is 3. The van der Waals surface area contributed by atoms with E-state index in [0.717, 1.165) is 6.42 Å². The maximum atomic E-state index is 11.3. The Hall–Kier alpha value is -2.50. The third-order valence-electron chi connectivity index (χ3n) is 2.50. The van der Waals surface area contributed by atoms with E-state index in [-0.39, 0.29) is 5.69 Å². The Bertz CT molecular complexity index is 545. The van der Waals surface area contributed by atoms with Gasteiger partial charge in [-0.2, -0.15) is 0 Å². The van der Waals surface area contributed by atoms with Crippen molar-refractivity contribution in [1.82, 2.24) is 15.0 Å². The third kappa shape index (κ3) is 3.74. The first-order valence-electron chi connectivity index (χ1n) is 5.84. The van der Waals surface area contributed by atoms with E-state index in [4.69, 9.17) is 0 Å². The van der Waals surface area contributed by atoms with Crippen molar-refractivity contribution in [2.45, 2.75) is 6.42 Å². The molecule has 19 heavy (non-hydrogen) atoms. The van der Waals surface area contributed by atoms with Crippen LogP contribution < -0.4 is 5.32 Å². The second-order valence-corrected chi connectivity index (χ2v) is 3.79. The Morgan fingerprint density at radius 3 is 2.79 bits per heavy atom. The Kier molecular flexibility index (Phi) is 4.39. The van der Waals surface area contributed by atoms with Crippen molar-refractivity contribution in [2.75, 3.05) is 19.0 Å². The number of nitrogens with one attached hydrogen (secondary N) is 1. The van der Waals surface area contributed by atoms with Gasteiger partial charge in [-0.05, 0) is 30.2 Å².